The molecule has 0 bridgehead atoms. The van der Waals surface area contributed by atoms with Crippen molar-refractivity contribution >= 4 is 35.0 Å². The molecule has 0 aliphatic carbocycles. The molecular formula is C23H24ClN3O3. The van der Waals surface area contributed by atoms with Gasteiger partial charge in [0.25, 0.3) is 5.91 Å². The fourth-order valence-corrected chi connectivity index (χ4v) is 4.30. The van der Waals surface area contributed by atoms with Crippen molar-refractivity contribution in [3.05, 3.63) is 64.7 Å². The lowest BCUT2D eigenvalue weighted by Crippen LogP contribution is -2.46. The number of anilines is 1. The van der Waals surface area contributed by atoms with Crippen molar-refractivity contribution in [1.82, 2.24) is 9.80 Å². The summed E-state index contributed by atoms with van der Waals surface area (Å²) in [5.41, 5.74) is 2.40. The molecule has 0 radical (unpaired) electrons. The van der Waals surface area contributed by atoms with Crippen LogP contribution in [0.3, 0.4) is 0 Å². The van der Waals surface area contributed by atoms with E-state index in [0.29, 0.717) is 56.0 Å². The Morgan fingerprint density at radius 3 is 2.40 bits per heavy atom. The van der Waals surface area contributed by atoms with Crippen molar-refractivity contribution in [2.24, 2.45) is 0 Å². The first-order chi connectivity index (χ1) is 14.5. The number of carbonyl (C=O) groups is 3. The number of amides is 3. The second kappa shape index (κ2) is 8.88. The highest BCUT2D eigenvalue weighted by Crippen LogP contribution is 2.27. The van der Waals surface area contributed by atoms with E-state index in [1.807, 2.05) is 24.3 Å². The van der Waals surface area contributed by atoms with E-state index in [4.69, 9.17) is 11.6 Å². The molecule has 6 nitrogen and oxygen atoms in total. The van der Waals surface area contributed by atoms with Crippen molar-refractivity contribution in [2.75, 3.05) is 37.6 Å². The lowest BCUT2D eigenvalue weighted by atomic mass is 10.0. The Bertz CT molecular complexity index is 978. The summed E-state index contributed by atoms with van der Waals surface area (Å²) in [6.45, 7) is 2.06. The molecule has 2 aliphatic heterocycles. The van der Waals surface area contributed by atoms with Gasteiger partial charge in [0.2, 0.25) is 11.8 Å². The number of fused-ring (bicyclic) bond motifs is 1. The van der Waals surface area contributed by atoms with Crippen LogP contribution in [0.1, 0.15) is 28.8 Å². The number of aryl methyl sites for hydroxylation is 1. The van der Waals surface area contributed by atoms with Crippen LogP contribution < -0.4 is 4.90 Å². The number of rotatable bonds is 3. The molecule has 3 amide bonds. The van der Waals surface area contributed by atoms with Crippen LogP contribution in [0.5, 0.6) is 0 Å². The molecule has 7 heteroatoms. The maximum atomic E-state index is 13.0. The summed E-state index contributed by atoms with van der Waals surface area (Å²) in [4.78, 5) is 43.4. The van der Waals surface area contributed by atoms with Gasteiger partial charge in [-0.05, 0) is 36.6 Å². The van der Waals surface area contributed by atoms with Gasteiger partial charge in [0.05, 0.1) is 10.6 Å². The molecule has 4 rings (SSSR count). The Kier molecular flexibility index (Phi) is 6.04. The van der Waals surface area contributed by atoms with E-state index in [1.54, 1.807) is 39.0 Å². The van der Waals surface area contributed by atoms with Crippen molar-refractivity contribution in [3.63, 3.8) is 0 Å². The van der Waals surface area contributed by atoms with Crippen LogP contribution >= 0.6 is 11.6 Å². The van der Waals surface area contributed by atoms with Gasteiger partial charge >= 0.3 is 0 Å². The van der Waals surface area contributed by atoms with E-state index in [1.165, 1.54) is 0 Å². The van der Waals surface area contributed by atoms with E-state index in [9.17, 15) is 14.4 Å². The molecule has 0 N–H and O–H groups in total. The molecule has 0 aromatic heterocycles. The smallest absolute Gasteiger partial charge is 0.255 e. The summed E-state index contributed by atoms with van der Waals surface area (Å²) in [5.74, 6) is -0.227. The van der Waals surface area contributed by atoms with Gasteiger partial charge in [-0.3, -0.25) is 14.4 Å². The highest BCUT2D eigenvalue weighted by atomic mass is 35.5. The SMILES string of the molecule is O=C(CN1C(=O)CCc2ccccc21)N1CCCN(C(=O)c2ccccc2Cl)CC1. The normalized spacial score (nSPS) is 16.8. The highest BCUT2D eigenvalue weighted by molar-refractivity contribution is 6.33. The average molecular weight is 426 g/mol. The first kappa shape index (κ1) is 20.4. The maximum Gasteiger partial charge on any atom is 0.255 e. The monoisotopic (exact) mass is 425 g/mol. The number of nitrogens with zero attached hydrogens (tertiary/aromatic N) is 3. The third-order valence-corrected chi connectivity index (χ3v) is 6.05. The Labute approximate surface area is 181 Å². The van der Waals surface area contributed by atoms with Crippen LogP contribution in [0.4, 0.5) is 5.69 Å². The van der Waals surface area contributed by atoms with E-state index in [0.717, 1.165) is 11.3 Å². The predicted molar refractivity (Wildman–Crippen MR) is 116 cm³/mol. The van der Waals surface area contributed by atoms with Crippen LogP contribution in [-0.4, -0.2) is 60.2 Å². The minimum absolute atomic E-state index is 0.0209. The third-order valence-electron chi connectivity index (χ3n) is 5.73. The second-order valence-corrected chi connectivity index (χ2v) is 8.02. The van der Waals surface area contributed by atoms with Gasteiger partial charge < -0.3 is 14.7 Å². The first-order valence-corrected chi connectivity index (χ1v) is 10.6. The number of benzene rings is 2. The Balaban J connectivity index is 1.41. The molecule has 0 atom stereocenters. The zero-order valence-electron chi connectivity index (χ0n) is 16.7. The molecule has 30 heavy (non-hydrogen) atoms. The minimum Gasteiger partial charge on any atom is -0.339 e. The Morgan fingerprint density at radius 1 is 0.867 bits per heavy atom. The fourth-order valence-electron chi connectivity index (χ4n) is 4.08. The molecule has 1 saturated heterocycles. The van der Waals surface area contributed by atoms with Crippen LogP contribution in [0.15, 0.2) is 48.5 Å². The molecule has 1 fully saturated rings. The molecule has 2 aliphatic rings. The van der Waals surface area contributed by atoms with E-state index >= 15 is 0 Å². The quantitative estimate of drug-likeness (QED) is 0.759. The second-order valence-electron chi connectivity index (χ2n) is 7.61. The van der Waals surface area contributed by atoms with E-state index < -0.39 is 0 Å². The summed E-state index contributed by atoms with van der Waals surface area (Å²) < 4.78 is 0. The number of hydrogen-bond donors (Lipinski definition) is 0. The fraction of sp³-hybridized carbons (Fsp3) is 0.348. The van der Waals surface area contributed by atoms with Crippen LogP contribution in [0, 0.1) is 0 Å². The minimum atomic E-state index is -0.116. The summed E-state index contributed by atoms with van der Waals surface area (Å²) in [6.07, 6.45) is 1.82. The van der Waals surface area contributed by atoms with Gasteiger partial charge in [-0.2, -0.15) is 0 Å². The first-order valence-electron chi connectivity index (χ1n) is 10.2. The zero-order valence-corrected chi connectivity index (χ0v) is 17.5. The van der Waals surface area contributed by atoms with Crippen LogP contribution in [0.25, 0.3) is 0 Å². The van der Waals surface area contributed by atoms with Gasteiger partial charge in [0, 0.05) is 38.3 Å². The Morgan fingerprint density at radius 2 is 1.57 bits per heavy atom. The molecule has 0 spiro atoms. The molecule has 156 valence electrons. The van der Waals surface area contributed by atoms with Crippen molar-refractivity contribution in [1.29, 1.82) is 0 Å². The lowest BCUT2D eigenvalue weighted by molar-refractivity contribution is -0.131. The summed E-state index contributed by atoms with van der Waals surface area (Å²) >= 11 is 6.17. The number of halogens is 1. The number of para-hydroxylation sites is 1. The summed E-state index contributed by atoms with van der Waals surface area (Å²) in [6, 6.07) is 14.7. The topological polar surface area (TPSA) is 60.9 Å². The molecule has 0 saturated carbocycles. The van der Waals surface area contributed by atoms with E-state index in [-0.39, 0.29) is 24.3 Å². The highest BCUT2D eigenvalue weighted by Gasteiger charge is 2.29. The number of carbonyl (C=O) groups excluding carboxylic acids is 3. The average Bonchev–Trinajstić information content (AvgIpc) is 3.02. The summed E-state index contributed by atoms with van der Waals surface area (Å²) in [7, 11) is 0. The molecule has 2 aromatic carbocycles. The van der Waals surface area contributed by atoms with Crippen LogP contribution in [0.2, 0.25) is 5.02 Å². The van der Waals surface area contributed by atoms with Gasteiger partial charge in [0.1, 0.15) is 6.54 Å². The molecular weight excluding hydrogens is 402 g/mol. The molecule has 2 aromatic rings. The van der Waals surface area contributed by atoms with Crippen molar-refractivity contribution < 1.29 is 14.4 Å². The van der Waals surface area contributed by atoms with E-state index in [2.05, 4.69) is 0 Å². The van der Waals surface area contributed by atoms with Gasteiger partial charge in [0.15, 0.2) is 0 Å². The zero-order chi connectivity index (χ0) is 21.1. The standard InChI is InChI=1S/C23H24ClN3O3/c24-19-8-3-2-7-18(19)23(30)26-13-5-12-25(14-15-26)22(29)16-27-20-9-4-1-6-17(20)10-11-21(27)28/h1-4,6-9H,5,10-16H2. The van der Waals surface area contributed by atoms with Gasteiger partial charge in [-0.25, -0.2) is 0 Å². The van der Waals surface area contributed by atoms with Crippen LogP contribution in [-0.2, 0) is 16.0 Å². The summed E-state index contributed by atoms with van der Waals surface area (Å²) in [5, 5.41) is 0.432. The number of hydrogen-bond acceptors (Lipinski definition) is 3. The maximum absolute atomic E-state index is 13.0. The lowest BCUT2D eigenvalue weighted by Gasteiger charge is -2.31. The molecule has 2 heterocycles. The third kappa shape index (κ3) is 4.19. The predicted octanol–water partition coefficient (Wildman–Crippen LogP) is 2.99. The van der Waals surface area contributed by atoms with Gasteiger partial charge in [-0.15, -0.1) is 0 Å². The molecule has 0 unspecified atom stereocenters. The largest absolute Gasteiger partial charge is 0.339 e. The van der Waals surface area contributed by atoms with Crippen molar-refractivity contribution in [2.45, 2.75) is 19.3 Å². The van der Waals surface area contributed by atoms with Crippen molar-refractivity contribution in [3.8, 4) is 0 Å². The van der Waals surface area contributed by atoms with Gasteiger partial charge in [-0.1, -0.05) is 41.9 Å². The Hall–Kier alpha value is -2.86.